The van der Waals surface area contributed by atoms with E-state index in [-0.39, 0.29) is 16.9 Å². The number of carbonyl (C=O) groups is 1. The molecule has 0 amide bonds. The highest BCUT2D eigenvalue weighted by Crippen LogP contribution is 2.60. The molecule has 4 rings (SSSR count). The van der Waals surface area contributed by atoms with E-state index in [1.54, 1.807) is 7.11 Å². The SMILES string of the molecule is COc1ccc2c(c1)[C@@]13CCN(C)[C@H](C2)[C@]1(OC)[C@H](C)CC(=O)C3. The van der Waals surface area contributed by atoms with Crippen molar-refractivity contribution in [3.63, 3.8) is 0 Å². The Morgan fingerprint density at radius 2 is 2.04 bits per heavy atom. The van der Waals surface area contributed by atoms with E-state index < -0.39 is 0 Å². The summed E-state index contributed by atoms with van der Waals surface area (Å²) >= 11 is 0. The summed E-state index contributed by atoms with van der Waals surface area (Å²) in [4.78, 5) is 15.1. The highest BCUT2D eigenvalue weighted by molar-refractivity contribution is 5.83. The van der Waals surface area contributed by atoms with E-state index in [0.29, 0.717) is 24.7 Å². The molecule has 1 aromatic rings. The van der Waals surface area contributed by atoms with Crippen molar-refractivity contribution in [3.05, 3.63) is 29.3 Å². The molecule has 4 heteroatoms. The predicted octanol–water partition coefficient (Wildman–Crippen LogP) is 2.58. The van der Waals surface area contributed by atoms with Crippen LogP contribution in [0.5, 0.6) is 5.75 Å². The molecule has 0 unspecified atom stereocenters. The Morgan fingerprint density at radius 3 is 2.75 bits per heavy atom. The molecule has 24 heavy (non-hydrogen) atoms. The minimum atomic E-state index is -0.298. The van der Waals surface area contributed by atoms with Gasteiger partial charge >= 0.3 is 0 Å². The molecule has 2 fully saturated rings. The summed E-state index contributed by atoms with van der Waals surface area (Å²) in [7, 11) is 5.75. The highest BCUT2D eigenvalue weighted by atomic mass is 16.5. The lowest BCUT2D eigenvalue weighted by Crippen LogP contribution is -2.76. The number of piperidine rings is 1. The fourth-order valence-electron chi connectivity index (χ4n) is 6.09. The van der Waals surface area contributed by atoms with Gasteiger partial charge in [0.25, 0.3) is 0 Å². The summed E-state index contributed by atoms with van der Waals surface area (Å²) in [5.41, 5.74) is 2.11. The van der Waals surface area contributed by atoms with Crippen LogP contribution >= 0.6 is 0 Å². The van der Waals surface area contributed by atoms with E-state index in [9.17, 15) is 4.79 Å². The van der Waals surface area contributed by atoms with Gasteiger partial charge in [0.2, 0.25) is 0 Å². The Kier molecular flexibility index (Phi) is 3.56. The summed E-state index contributed by atoms with van der Waals surface area (Å²) in [5, 5.41) is 0. The lowest BCUT2D eigenvalue weighted by atomic mass is 9.46. The molecule has 1 heterocycles. The Labute approximate surface area is 144 Å². The van der Waals surface area contributed by atoms with Crippen molar-refractivity contribution < 1.29 is 14.3 Å². The van der Waals surface area contributed by atoms with Crippen molar-refractivity contribution in [1.29, 1.82) is 0 Å². The van der Waals surface area contributed by atoms with Crippen LogP contribution in [0.1, 0.15) is 37.3 Å². The van der Waals surface area contributed by atoms with E-state index in [1.165, 1.54) is 11.1 Å². The molecule has 0 aromatic heterocycles. The number of rotatable bonds is 2. The van der Waals surface area contributed by atoms with Gasteiger partial charge in [-0.15, -0.1) is 0 Å². The zero-order chi connectivity index (χ0) is 17.1. The Morgan fingerprint density at radius 1 is 1.25 bits per heavy atom. The third-order valence-corrected chi connectivity index (χ3v) is 7.01. The molecule has 1 saturated carbocycles. The highest BCUT2D eigenvalue weighted by Gasteiger charge is 2.67. The third-order valence-electron chi connectivity index (χ3n) is 7.01. The lowest BCUT2D eigenvalue weighted by Gasteiger charge is -2.66. The number of methoxy groups -OCH3 is 2. The summed E-state index contributed by atoms with van der Waals surface area (Å²) in [6, 6.07) is 6.71. The number of ether oxygens (including phenoxy) is 2. The average molecular weight is 329 g/mol. The van der Waals surface area contributed by atoms with Gasteiger partial charge in [-0.25, -0.2) is 0 Å². The predicted molar refractivity (Wildman–Crippen MR) is 92.6 cm³/mol. The summed E-state index contributed by atoms with van der Waals surface area (Å²) in [6.07, 6.45) is 3.16. The molecule has 1 aromatic carbocycles. The maximum absolute atomic E-state index is 12.6. The molecule has 1 saturated heterocycles. The number of Topliss-reactive ketones (excluding diaryl/α,β-unsaturated/α-hetero) is 1. The molecule has 1 aliphatic heterocycles. The smallest absolute Gasteiger partial charge is 0.134 e. The fraction of sp³-hybridized carbons (Fsp3) is 0.650. The van der Waals surface area contributed by atoms with Crippen LogP contribution in [0.25, 0.3) is 0 Å². The van der Waals surface area contributed by atoms with Crippen LogP contribution in [0.15, 0.2) is 18.2 Å². The van der Waals surface area contributed by atoms with Gasteiger partial charge in [0.1, 0.15) is 11.5 Å². The fourth-order valence-corrected chi connectivity index (χ4v) is 6.09. The number of fused-ring (bicyclic) bond motifs is 1. The first kappa shape index (κ1) is 16.1. The molecule has 4 nitrogen and oxygen atoms in total. The van der Waals surface area contributed by atoms with Gasteiger partial charge in [-0.2, -0.15) is 0 Å². The molecular weight excluding hydrogens is 302 g/mol. The second-order valence-corrected chi connectivity index (χ2v) is 7.87. The molecule has 0 radical (unpaired) electrons. The van der Waals surface area contributed by atoms with Crippen LogP contribution in [0.2, 0.25) is 0 Å². The molecule has 2 bridgehead atoms. The van der Waals surface area contributed by atoms with Gasteiger partial charge < -0.3 is 14.4 Å². The average Bonchev–Trinajstić information content (AvgIpc) is 2.57. The number of hydrogen-bond donors (Lipinski definition) is 0. The molecule has 2 aliphatic carbocycles. The van der Waals surface area contributed by atoms with E-state index >= 15 is 0 Å². The minimum absolute atomic E-state index is 0.218. The first-order chi connectivity index (χ1) is 11.5. The number of ketones is 1. The Bertz CT molecular complexity index is 687. The molecule has 0 spiro atoms. The van der Waals surface area contributed by atoms with Gasteiger partial charge in [-0.1, -0.05) is 13.0 Å². The van der Waals surface area contributed by atoms with Gasteiger partial charge in [0, 0.05) is 31.4 Å². The number of nitrogens with zero attached hydrogens (tertiary/aromatic N) is 1. The summed E-state index contributed by atoms with van der Waals surface area (Å²) < 4.78 is 11.9. The maximum Gasteiger partial charge on any atom is 0.134 e. The quantitative estimate of drug-likeness (QED) is 0.836. The van der Waals surface area contributed by atoms with E-state index in [0.717, 1.165) is 25.1 Å². The number of hydrogen-bond acceptors (Lipinski definition) is 4. The van der Waals surface area contributed by atoms with E-state index in [4.69, 9.17) is 9.47 Å². The Balaban J connectivity index is 2.01. The van der Waals surface area contributed by atoms with Crippen molar-refractivity contribution in [3.8, 4) is 5.75 Å². The maximum atomic E-state index is 12.6. The van der Waals surface area contributed by atoms with Crippen LogP contribution in [0.3, 0.4) is 0 Å². The van der Waals surface area contributed by atoms with Crippen LogP contribution in [0.4, 0.5) is 0 Å². The van der Waals surface area contributed by atoms with Crippen LogP contribution < -0.4 is 4.74 Å². The van der Waals surface area contributed by atoms with Crippen molar-refractivity contribution in [2.75, 3.05) is 27.8 Å². The molecule has 4 atom stereocenters. The van der Waals surface area contributed by atoms with Gasteiger partial charge in [0.05, 0.1) is 12.7 Å². The molecule has 130 valence electrons. The number of likely N-dealkylation sites (tertiary alicyclic amines) is 1. The van der Waals surface area contributed by atoms with Crippen LogP contribution in [-0.2, 0) is 21.4 Å². The number of benzene rings is 1. The monoisotopic (exact) mass is 329 g/mol. The standard InChI is InChI=1S/C20H27NO3/c1-13-9-15(22)12-19-7-8-21(2)18(20(13,19)24-4)10-14-5-6-16(23-3)11-17(14)19/h5-6,11,13,18H,7-10,12H2,1-4H3/t13-,18-,19+,20-/m1/s1. The number of carbonyl (C=O) groups excluding carboxylic acids is 1. The Hall–Kier alpha value is -1.39. The minimum Gasteiger partial charge on any atom is -0.497 e. The van der Waals surface area contributed by atoms with Crippen LogP contribution in [-0.4, -0.2) is 50.1 Å². The van der Waals surface area contributed by atoms with Crippen LogP contribution in [0, 0.1) is 5.92 Å². The third kappa shape index (κ3) is 1.79. The molecular formula is C20H27NO3. The second kappa shape index (κ2) is 5.30. The number of likely N-dealkylation sites (N-methyl/N-ethyl adjacent to an activating group) is 1. The first-order valence-corrected chi connectivity index (χ1v) is 8.93. The van der Waals surface area contributed by atoms with E-state index in [1.807, 2.05) is 13.2 Å². The van der Waals surface area contributed by atoms with Crippen molar-refractivity contribution >= 4 is 5.78 Å². The summed E-state index contributed by atoms with van der Waals surface area (Å²) in [6.45, 7) is 3.21. The zero-order valence-electron chi connectivity index (χ0n) is 15.1. The van der Waals surface area contributed by atoms with Gasteiger partial charge in [-0.05, 0) is 55.6 Å². The second-order valence-electron chi connectivity index (χ2n) is 7.87. The zero-order valence-corrected chi connectivity index (χ0v) is 15.1. The van der Waals surface area contributed by atoms with Crippen molar-refractivity contribution in [2.45, 2.75) is 49.7 Å². The van der Waals surface area contributed by atoms with Crippen molar-refractivity contribution in [1.82, 2.24) is 4.90 Å². The topological polar surface area (TPSA) is 38.8 Å². The van der Waals surface area contributed by atoms with E-state index in [2.05, 4.69) is 31.0 Å². The normalized spacial score (nSPS) is 38.4. The van der Waals surface area contributed by atoms with Gasteiger partial charge in [0.15, 0.2) is 0 Å². The lowest BCUT2D eigenvalue weighted by molar-refractivity contribution is -0.206. The molecule has 0 N–H and O–H groups in total. The van der Waals surface area contributed by atoms with Gasteiger partial charge in [-0.3, -0.25) is 4.79 Å². The first-order valence-electron chi connectivity index (χ1n) is 8.93. The summed E-state index contributed by atoms with van der Waals surface area (Å²) in [5.74, 6) is 1.46. The van der Waals surface area contributed by atoms with Crippen molar-refractivity contribution in [2.24, 2.45) is 5.92 Å². The largest absolute Gasteiger partial charge is 0.497 e. The molecule has 3 aliphatic rings.